The maximum absolute atomic E-state index is 13.0. The number of fused-ring (bicyclic) bond motifs is 1. The van der Waals surface area contributed by atoms with E-state index in [2.05, 4.69) is 25.5 Å². The Bertz CT molecular complexity index is 1170. The number of anilines is 3. The third-order valence-corrected chi connectivity index (χ3v) is 6.67. The van der Waals surface area contributed by atoms with Gasteiger partial charge in [0.2, 0.25) is 5.88 Å². The molecular weight excluding hydrogens is 428 g/mol. The summed E-state index contributed by atoms with van der Waals surface area (Å²) in [5.41, 5.74) is 3.05. The fourth-order valence-corrected chi connectivity index (χ4v) is 4.81. The van der Waals surface area contributed by atoms with Crippen LogP contribution in [0.15, 0.2) is 42.9 Å². The van der Waals surface area contributed by atoms with Crippen molar-refractivity contribution < 1.29 is 14.3 Å². The third-order valence-electron chi connectivity index (χ3n) is 5.56. The fraction of sp³-hybridized carbons (Fsp3) is 0.273. The van der Waals surface area contributed by atoms with E-state index in [1.54, 1.807) is 41.7 Å². The van der Waals surface area contributed by atoms with Crippen molar-refractivity contribution in [2.24, 2.45) is 0 Å². The highest BCUT2D eigenvalue weighted by molar-refractivity contribution is 7.18. The molecule has 1 saturated heterocycles. The summed E-state index contributed by atoms with van der Waals surface area (Å²) in [6.45, 7) is 3.96. The highest BCUT2D eigenvalue weighted by Gasteiger charge is 2.31. The van der Waals surface area contributed by atoms with Crippen LogP contribution >= 0.6 is 11.3 Å². The molecule has 0 aliphatic carbocycles. The predicted molar refractivity (Wildman–Crippen MR) is 123 cm³/mol. The summed E-state index contributed by atoms with van der Waals surface area (Å²) in [6.07, 6.45) is 5.06. The fourth-order valence-electron chi connectivity index (χ4n) is 3.91. The van der Waals surface area contributed by atoms with Crippen molar-refractivity contribution in [1.82, 2.24) is 15.3 Å². The summed E-state index contributed by atoms with van der Waals surface area (Å²) in [7, 11) is 1.52. The van der Waals surface area contributed by atoms with Gasteiger partial charge in [-0.05, 0) is 18.2 Å². The van der Waals surface area contributed by atoms with Crippen LogP contribution in [0.3, 0.4) is 0 Å². The van der Waals surface area contributed by atoms with Gasteiger partial charge in [0.1, 0.15) is 0 Å². The quantitative estimate of drug-likeness (QED) is 0.616. The number of hydrogen-bond acceptors (Lipinski definition) is 8. The van der Waals surface area contributed by atoms with Gasteiger partial charge < -0.3 is 20.3 Å². The molecule has 3 aromatic rings. The first-order valence-corrected chi connectivity index (χ1v) is 11.1. The zero-order valence-corrected chi connectivity index (χ0v) is 18.3. The average Bonchev–Trinajstić information content (AvgIpc) is 3.45. The molecule has 2 aliphatic rings. The maximum Gasteiger partial charge on any atom is 0.265 e. The number of ether oxygens (including phenoxy) is 1. The number of piperazine rings is 1. The Balaban J connectivity index is 1.33. The van der Waals surface area contributed by atoms with Gasteiger partial charge in [0.25, 0.3) is 11.8 Å². The van der Waals surface area contributed by atoms with E-state index in [-0.39, 0.29) is 11.8 Å². The number of pyridine rings is 2. The van der Waals surface area contributed by atoms with Crippen LogP contribution < -0.4 is 25.2 Å². The number of carbonyl (C=O) groups excluding carboxylic acids is 2. The molecule has 5 heterocycles. The number of carbonyl (C=O) groups is 2. The SMILES string of the molecule is COc1cc2c(cn1)CN(c1ccc(C(=O)Nc3cnccc3N3CCNCC3)s1)C2=O. The predicted octanol–water partition coefficient (Wildman–Crippen LogP) is 2.37. The topological polar surface area (TPSA) is 99.7 Å². The summed E-state index contributed by atoms with van der Waals surface area (Å²) < 4.78 is 5.13. The molecule has 2 N–H and O–H groups in total. The highest BCUT2D eigenvalue weighted by Crippen LogP contribution is 2.35. The molecule has 0 unspecified atom stereocenters. The smallest absolute Gasteiger partial charge is 0.265 e. The van der Waals surface area contributed by atoms with E-state index in [1.807, 2.05) is 6.07 Å². The number of nitrogens with one attached hydrogen (secondary N) is 2. The van der Waals surface area contributed by atoms with Gasteiger partial charge in [-0.25, -0.2) is 4.98 Å². The molecule has 0 bridgehead atoms. The summed E-state index contributed by atoms with van der Waals surface area (Å²) in [6, 6.07) is 7.11. The molecule has 0 aromatic carbocycles. The van der Waals surface area contributed by atoms with E-state index >= 15 is 0 Å². The number of nitrogens with zero attached hydrogens (tertiary/aromatic N) is 4. The summed E-state index contributed by atoms with van der Waals surface area (Å²) in [5, 5.41) is 7.03. The molecule has 0 atom stereocenters. The molecule has 32 heavy (non-hydrogen) atoms. The maximum atomic E-state index is 13.0. The Morgan fingerprint density at radius 3 is 2.88 bits per heavy atom. The van der Waals surface area contributed by atoms with Crippen molar-refractivity contribution in [3.05, 3.63) is 58.9 Å². The van der Waals surface area contributed by atoms with Gasteiger partial charge in [-0.1, -0.05) is 0 Å². The van der Waals surface area contributed by atoms with Gasteiger partial charge in [0.15, 0.2) is 0 Å². The van der Waals surface area contributed by atoms with E-state index in [0.29, 0.717) is 33.6 Å². The Hall–Kier alpha value is -3.50. The second kappa shape index (κ2) is 8.56. The van der Waals surface area contributed by atoms with E-state index in [1.165, 1.54) is 18.4 Å². The Morgan fingerprint density at radius 2 is 2.06 bits per heavy atom. The average molecular weight is 451 g/mol. The summed E-state index contributed by atoms with van der Waals surface area (Å²) in [5.74, 6) is 0.0582. The van der Waals surface area contributed by atoms with Crippen molar-refractivity contribution in [1.29, 1.82) is 0 Å². The van der Waals surface area contributed by atoms with Crippen molar-refractivity contribution in [2.75, 3.05) is 48.4 Å². The third kappa shape index (κ3) is 3.78. The monoisotopic (exact) mass is 450 g/mol. The van der Waals surface area contributed by atoms with E-state index < -0.39 is 0 Å². The van der Waals surface area contributed by atoms with Gasteiger partial charge >= 0.3 is 0 Å². The minimum atomic E-state index is -0.224. The van der Waals surface area contributed by atoms with Crippen molar-refractivity contribution >= 4 is 39.5 Å². The molecule has 0 spiro atoms. The molecule has 10 heteroatoms. The van der Waals surface area contributed by atoms with Crippen LogP contribution in [0.5, 0.6) is 5.88 Å². The summed E-state index contributed by atoms with van der Waals surface area (Å²) >= 11 is 1.28. The zero-order valence-electron chi connectivity index (χ0n) is 17.5. The van der Waals surface area contributed by atoms with Crippen LogP contribution in [-0.4, -0.2) is 55.1 Å². The summed E-state index contributed by atoms with van der Waals surface area (Å²) in [4.78, 5) is 38.6. The lowest BCUT2D eigenvalue weighted by Gasteiger charge is -2.30. The first-order chi connectivity index (χ1) is 15.6. The molecule has 0 radical (unpaired) electrons. The normalized spacial score (nSPS) is 15.6. The van der Waals surface area contributed by atoms with Gasteiger partial charge in [-0.2, -0.15) is 0 Å². The van der Waals surface area contributed by atoms with Gasteiger partial charge in [-0.3, -0.25) is 19.5 Å². The van der Waals surface area contributed by atoms with Crippen molar-refractivity contribution in [3.8, 4) is 5.88 Å². The van der Waals surface area contributed by atoms with Gasteiger partial charge in [0.05, 0.1) is 46.7 Å². The second-order valence-corrected chi connectivity index (χ2v) is 8.56. The molecule has 2 amide bonds. The number of aromatic nitrogens is 2. The number of methoxy groups -OCH3 is 1. The number of rotatable bonds is 5. The largest absolute Gasteiger partial charge is 0.481 e. The number of amides is 2. The Morgan fingerprint density at radius 1 is 1.22 bits per heavy atom. The lowest BCUT2D eigenvalue weighted by Crippen LogP contribution is -2.43. The van der Waals surface area contributed by atoms with Crippen LogP contribution in [-0.2, 0) is 6.54 Å². The van der Waals surface area contributed by atoms with E-state index in [4.69, 9.17) is 4.74 Å². The Kier molecular flexibility index (Phi) is 5.46. The number of thiophene rings is 1. The van der Waals surface area contributed by atoms with Crippen LogP contribution in [0, 0.1) is 0 Å². The van der Waals surface area contributed by atoms with Crippen LogP contribution in [0.2, 0.25) is 0 Å². The molecule has 0 saturated carbocycles. The second-order valence-electron chi connectivity index (χ2n) is 7.50. The van der Waals surface area contributed by atoms with Gasteiger partial charge in [0, 0.05) is 50.2 Å². The first-order valence-electron chi connectivity index (χ1n) is 10.3. The van der Waals surface area contributed by atoms with Crippen molar-refractivity contribution in [2.45, 2.75) is 6.54 Å². The molecule has 164 valence electrons. The first kappa shape index (κ1) is 20.4. The van der Waals surface area contributed by atoms with E-state index in [0.717, 1.165) is 37.4 Å². The highest BCUT2D eigenvalue weighted by atomic mass is 32.1. The van der Waals surface area contributed by atoms with E-state index in [9.17, 15) is 9.59 Å². The minimum absolute atomic E-state index is 0.122. The Labute approximate surface area is 189 Å². The molecule has 9 nitrogen and oxygen atoms in total. The van der Waals surface area contributed by atoms with Crippen LogP contribution in [0.4, 0.5) is 16.4 Å². The lowest BCUT2D eigenvalue weighted by molar-refractivity contribution is 0.0994. The molecule has 1 fully saturated rings. The van der Waals surface area contributed by atoms with Crippen LogP contribution in [0.1, 0.15) is 25.6 Å². The molecule has 2 aliphatic heterocycles. The lowest BCUT2D eigenvalue weighted by atomic mass is 10.2. The zero-order chi connectivity index (χ0) is 22.1. The number of hydrogen-bond donors (Lipinski definition) is 2. The van der Waals surface area contributed by atoms with Crippen molar-refractivity contribution in [3.63, 3.8) is 0 Å². The molecule has 5 rings (SSSR count). The molecule has 3 aromatic heterocycles. The van der Waals surface area contributed by atoms with Gasteiger partial charge in [-0.15, -0.1) is 11.3 Å². The van der Waals surface area contributed by atoms with Crippen LogP contribution in [0.25, 0.3) is 0 Å². The standard InChI is InChI=1S/C22H22N6O3S/c1-31-19-10-15-14(11-25-19)13-28(22(15)30)20-3-2-18(32-20)21(29)26-16-12-24-5-4-17(16)27-8-6-23-7-9-27/h2-5,10-12,23H,6-9,13H2,1H3,(H,26,29). The minimum Gasteiger partial charge on any atom is -0.481 e. The molecular formula is C22H22N6O3S.